The summed E-state index contributed by atoms with van der Waals surface area (Å²) < 4.78 is 11.6. The molecule has 4 heteroatoms. The van der Waals surface area contributed by atoms with Crippen LogP contribution >= 0.6 is 0 Å². The number of rotatable bonds is 2. The molecule has 4 nitrogen and oxygen atoms in total. The van der Waals surface area contributed by atoms with Crippen molar-refractivity contribution < 1.29 is 9.47 Å². The first-order valence-electron chi connectivity index (χ1n) is 6.76. The lowest BCUT2D eigenvalue weighted by atomic mass is 10.1. The molecular weight excluding hydrogens is 228 g/mol. The number of piperazine rings is 1. The minimum atomic E-state index is 0.650. The predicted molar refractivity (Wildman–Crippen MR) is 71.9 cm³/mol. The van der Waals surface area contributed by atoms with Gasteiger partial charge in [0, 0.05) is 26.2 Å². The van der Waals surface area contributed by atoms with Crippen LogP contribution in [-0.4, -0.2) is 39.4 Å². The van der Waals surface area contributed by atoms with Crippen molar-refractivity contribution in [1.82, 2.24) is 5.32 Å². The summed E-state index contributed by atoms with van der Waals surface area (Å²) in [7, 11) is 0. The molecule has 2 aliphatic rings. The van der Waals surface area contributed by atoms with E-state index in [2.05, 4.69) is 29.3 Å². The van der Waals surface area contributed by atoms with Crippen LogP contribution in [-0.2, 0) is 6.42 Å². The summed E-state index contributed by atoms with van der Waals surface area (Å²) in [6.07, 6.45) is 1.02. The van der Waals surface area contributed by atoms with Gasteiger partial charge in [0.05, 0.1) is 5.69 Å². The Labute approximate surface area is 108 Å². The van der Waals surface area contributed by atoms with E-state index in [0.717, 1.165) is 44.1 Å². The van der Waals surface area contributed by atoms with Crippen molar-refractivity contribution in [2.75, 3.05) is 44.3 Å². The van der Waals surface area contributed by atoms with Crippen LogP contribution in [0.5, 0.6) is 11.5 Å². The summed E-state index contributed by atoms with van der Waals surface area (Å²) >= 11 is 0. The Bertz CT molecular complexity index is 428. The number of benzene rings is 1. The highest BCUT2D eigenvalue weighted by atomic mass is 16.6. The molecule has 1 saturated heterocycles. The molecule has 0 amide bonds. The summed E-state index contributed by atoms with van der Waals surface area (Å²) in [4.78, 5) is 2.39. The van der Waals surface area contributed by atoms with Crippen molar-refractivity contribution in [3.05, 3.63) is 17.7 Å². The molecule has 2 heterocycles. The normalized spacial score (nSPS) is 18.8. The molecule has 0 aliphatic carbocycles. The van der Waals surface area contributed by atoms with Gasteiger partial charge in [0.25, 0.3) is 0 Å². The topological polar surface area (TPSA) is 33.7 Å². The van der Waals surface area contributed by atoms with Gasteiger partial charge in [-0.2, -0.15) is 0 Å². The highest BCUT2D eigenvalue weighted by Gasteiger charge is 2.22. The summed E-state index contributed by atoms with van der Waals surface area (Å²) in [5.41, 5.74) is 2.51. The molecule has 18 heavy (non-hydrogen) atoms. The summed E-state index contributed by atoms with van der Waals surface area (Å²) in [6, 6.07) is 4.36. The zero-order valence-corrected chi connectivity index (χ0v) is 10.9. The Hall–Kier alpha value is -1.42. The standard InChI is InChI=1S/C14H20N2O2/c1-2-11-9-12(16-5-3-15-4-6-16)14-13(10-11)17-7-8-18-14/h9-10,15H,2-8H2,1H3. The Kier molecular flexibility index (Phi) is 3.28. The van der Waals surface area contributed by atoms with E-state index < -0.39 is 0 Å². The number of hydrogen-bond acceptors (Lipinski definition) is 4. The molecular formula is C14H20N2O2. The van der Waals surface area contributed by atoms with Gasteiger partial charge < -0.3 is 19.7 Å². The molecule has 0 radical (unpaired) electrons. The Balaban J connectivity index is 1.99. The molecule has 2 aliphatic heterocycles. The summed E-state index contributed by atoms with van der Waals surface area (Å²) in [6.45, 7) is 7.61. The molecule has 0 unspecified atom stereocenters. The van der Waals surface area contributed by atoms with Gasteiger partial charge in [-0.1, -0.05) is 6.92 Å². The molecule has 1 aromatic rings. The van der Waals surface area contributed by atoms with Crippen molar-refractivity contribution in [3.8, 4) is 11.5 Å². The van der Waals surface area contributed by atoms with Crippen molar-refractivity contribution in [1.29, 1.82) is 0 Å². The molecule has 0 saturated carbocycles. The molecule has 0 atom stereocenters. The number of fused-ring (bicyclic) bond motifs is 1. The van der Waals surface area contributed by atoms with Gasteiger partial charge in [0.15, 0.2) is 11.5 Å². The van der Waals surface area contributed by atoms with Crippen molar-refractivity contribution >= 4 is 5.69 Å². The van der Waals surface area contributed by atoms with Crippen molar-refractivity contribution in [2.24, 2.45) is 0 Å². The quantitative estimate of drug-likeness (QED) is 0.858. The largest absolute Gasteiger partial charge is 0.486 e. The number of nitrogens with one attached hydrogen (secondary N) is 1. The van der Waals surface area contributed by atoms with Gasteiger partial charge in [0.2, 0.25) is 0 Å². The number of nitrogens with zero attached hydrogens (tertiary/aromatic N) is 1. The van der Waals surface area contributed by atoms with Crippen LogP contribution in [0.1, 0.15) is 12.5 Å². The maximum atomic E-state index is 5.82. The number of hydrogen-bond donors (Lipinski definition) is 1. The van der Waals surface area contributed by atoms with Crippen LogP contribution in [0.4, 0.5) is 5.69 Å². The van der Waals surface area contributed by atoms with Gasteiger partial charge >= 0.3 is 0 Å². The van der Waals surface area contributed by atoms with E-state index in [1.165, 1.54) is 11.3 Å². The van der Waals surface area contributed by atoms with Gasteiger partial charge in [-0.3, -0.25) is 0 Å². The van der Waals surface area contributed by atoms with E-state index in [1.807, 2.05) is 0 Å². The third kappa shape index (κ3) is 2.12. The Morgan fingerprint density at radius 1 is 1.17 bits per heavy atom. The van der Waals surface area contributed by atoms with E-state index in [9.17, 15) is 0 Å². The second kappa shape index (κ2) is 5.06. The first-order valence-corrected chi connectivity index (χ1v) is 6.76. The molecule has 1 fully saturated rings. The molecule has 0 spiro atoms. The molecule has 3 rings (SSSR count). The highest BCUT2D eigenvalue weighted by Crippen LogP contribution is 2.41. The lowest BCUT2D eigenvalue weighted by molar-refractivity contribution is 0.172. The van der Waals surface area contributed by atoms with Gasteiger partial charge in [-0.25, -0.2) is 0 Å². The fourth-order valence-electron chi connectivity index (χ4n) is 2.54. The average molecular weight is 248 g/mol. The number of anilines is 1. The number of aryl methyl sites for hydroxylation is 1. The van der Waals surface area contributed by atoms with E-state index in [0.29, 0.717) is 13.2 Å². The zero-order valence-electron chi connectivity index (χ0n) is 10.9. The second-order valence-electron chi connectivity index (χ2n) is 4.73. The lowest BCUT2D eigenvalue weighted by Crippen LogP contribution is -2.43. The van der Waals surface area contributed by atoms with Gasteiger partial charge in [-0.15, -0.1) is 0 Å². The fourth-order valence-corrected chi connectivity index (χ4v) is 2.54. The first-order chi connectivity index (χ1) is 8.88. The first kappa shape index (κ1) is 11.7. The van der Waals surface area contributed by atoms with Gasteiger partial charge in [-0.05, 0) is 24.1 Å². The summed E-state index contributed by atoms with van der Waals surface area (Å²) in [5.74, 6) is 1.84. The monoisotopic (exact) mass is 248 g/mol. The fraction of sp³-hybridized carbons (Fsp3) is 0.571. The zero-order chi connectivity index (χ0) is 12.4. The third-order valence-corrected chi connectivity index (χ3v) is 3.55. The molecule has 0 bridgehead atoms. The minimum absolute atomic E-state index is 0.650. The second-order valence-corrected chi connectivity index (χ2v) is 4.73. The smallest absolute Gasteiger partial charge is 0.184 e. The Morgan fingerprint density at radius 3 is 2.72 bits per heavy atom. The van der Waals surface area contributed by atoms with Gasteiger partial charge in [0.1, 0.15) is 13.2 Å². The maximum Gasteiger partial charge on any atom is 0.184 e. The minimum Gasteiger partial charge on any atom is -0.486 e. The lowest BCUT2D eigenvalue weighted by Gasteiger charge is -2.33. The van der Waals surface area contributed by atoms with E-state index in [-0.39, 0.29) is 0 Å². The van der Waals surface area contributed by atoms with Crippen LogP contribution in [0.3, 0.4) is 0 Å². The van der Waals surface area contributed by atoms with Crippen LogP contribution in [0.2, 0.25) is 0 Å². The van der Waals surface area contributed by atoms with Crippen LogP contribution in [0.15, 0.2) is 12.1 Å². The van der Waals surface area contributed by atoms with Crippen LogP contribution in [0.25, 0.3) is 0 Å². The number of ether oxygens (including phenoxy) is 2. The van der Waals surface area contributed by atoms with E-state index in [1.54, 1.807) is 0 Å². The van der Waals surface area contributed by atoms with Crippen molar-refractivity contribution in [3.63, 3.8) is 0 Å². The van der Waals surface area contributed by atoms with Crippen molar-refractivity contribution in [2.45, 2.75) is 13.3 Å². The van der Waals surface area contributed by atoms with E-state index >= 15 is 0 Å². The predicted octanol–water partition coefficient (Wildman–Crippen LogP) is 1.43. The molecule has 98 valence electrons. The summed E-state index contributed by atoms with van der Waals surface area (Å²) in [5, 5.41) is 3.38. The Morgan fingerprint density at radius 2 is 1.94 bits per heavy atom. The van der Waals surface area contributed by atoms with Crippen LogP contribution < -0.4 is 19.7 Å². The molecule has 1 aromatic carbocycles. The van der Waals surface area contributed by atoms with Crippen LogP contribution in [0, 0.1) is 0 Å². The third-order valence-electron chi connectivity index (χ3n) is 3.55. The molecule has 0 aromatic heterocycles. The SMILES string of the molecule is CCc1cc2c(c(N3CCNCC3)c1)OCCO2. The van der Waals surface area contributed by atoms with E-state index in [4.69, 9.17) is 9.47 Å². The average Bonchev–Trinajstić information content (AvgIpc) is 2.47. The molecule has 1 N–H and O–H groups in total. The highest BCUT2D eigenvalue weighted by molar-refractivity contribution is 5.67. The maximum absolute atomic E-state index is 5.82.